The number of aromatic nitrogens is 2. The van der Waals surface area contributed by atoms with Crippen LogP contribution >= 0.6 is 0 Å². The minimum Gasteiger partial charge on any atom is -0.497 e. The molecule has 2 aromatic rings. The number of likely N-dealkylation sites (tertiary alicyclic amines) is 1. The van der Waals surface area contributed by atoms with Crippen molar-refractivity contribution in [1.82, 2.24) is 30.2 Å². The maximum absolute atomic E-state index is 15.1. The molecule has 59 heavy (non-hydrogen) atoms. The van der Waals surface area contributed by atoms with Crippen molar-refractivity contribution in [3.05, 3.63) is 34.2 Å². The molecule has 4 N–H and O–H groups in total. The number of nitrogens with one attached hydrogen (secondary N) is 4. The van der Waals surface area contributed by atoms with Crippen molar-refractivity contribution in [3.63, 3.8) is 0 Å². The zero-order chi connectivity index (χ0) is 43.2. The summed E-state index contributed by atoms with van der Waals surface area (Å²) in [6, 6.07) is 2.13. The number of amides is 4. The molecule has 1 saturated heterocycles. The van der Waals surface area contributed by atoms with Crippen LogP contribution in [0.1, 0.15) is 97.6 Å². The number of alkyl carbamates (subject to hydrolysis) is 1. The Morgan fingerprint density at radius 2 is 1.80 bits per heavy atom. The number of carbonyl (C=O) groups is 4. The number of alkyl halides is 4. The molecule has 0 radical (unpaired) electrons. The highest BCUT2D eigenvalue weighted by atomic mass is 32.2. The third-order valence-electron chi connectivity index (χ3n) is 11.9. The first-order valence-electron chi connectivity index (χ1n) is 20.0. The van der Waals surface area contributed by atoms with Crippen LogP contribution < -0.4 is 25.7 Å². The average molecular weight is 857 g/mol. The van der Waals surface area contributed by atoms with E-state index < -0.39 is 117 Å². The van der Waals surface area contributed by atoms with Crippen LogP contribution in [0, 0.1) is 23.2 Å². The number of nitrogens with zero attached hydrogens (tertiary/aromatic N) is 2. The van der Waals surface area contributed by atoms with Gasteiger partial charge in [-0.05, 0) is 74.3 Å². The molecule has 6 rings (SSSR count). The van der Waals surface area contributed by atoms with Gasteiger partial charge < -0.3 is 30.0 Å². The lowest BCUT2D eigenvalue weighted by Crippen LogP contribution is -2.61. The molecule has 0 bridgehead atoms. The fraction of sp³-hybridized carbons (Fsp3) is 0.692. The molecule has 3 aliphatic carbocycles. The highest BCUT2D eigenvalue weighted by Crippen LogP contribution is 2.49. The molecule has 4 aliphatic rings. The van der Waals surface area contributed by atoms with E-state index >= 15 is 8.78 Å². The Labute approximate surface area is 339 Å². The monoisotopic (exact) mass is 856 g/mol. The van der Waals surface area contributed by atoms with Crippen molar-refractivity contribution >= 4 is 44.9 Å². The summed E-state index contributed by atoms with van der Waals surface area (Å²) < 4.78 is 95.7. The Hall–Kier alpha value is -4.49. The summed E-state index contributed by atoms with van der Waals surface area (Å²) in [5.74, 6) is -7.94. The summed E-state index contributed by atoms with van der Waals surface area (Å²) in [7, 11) is -2.67. The van der Waals surface area contributed by atoms with Crippen LogP contribution in [0.5, 0.6) is 5.75 Å². The third-order valence-corrected chi connectivity index (χ3v) is 13.7. The highest BCUT2D eigenvalue weighted by Gasteiger charge is 2.67. The van der Waals surface area contributed by atoms with E-state index in [1.807, 2.05) is 4.72 Å². The van der Waals surface area contributed by atoms with E-state index in [2.05, 4.69) is 20.6 Å². The van der Waals surface area contributed by atoms with Crippen molar-refractivity contribution in [2.24, 2.45) is 23.2 Å². The molecule has 0 spiro atoms. The van der Waals surface area contributed by atoms with Crippen molar-refractivity contribution in [2.45, 2.75) is 133 Å². The molecular formula is C39H52F4N6O9S. The van der Waals surface area contributed by atoms with Gasteiger partial charge in [0.25, 0.3) is 17.4 Å². The van der Waals surface area contributed by atoms with Gasteiger partial charge in [-0.15, -0.1) is 0 Å². The smallest absolute Gasteiger partial charge is 0.408 e. The van der Waals surface area contributed by atoms with Gasteiger partial charge in [-0.25, -0.2) is 27.0 Å². The van der Waals surface area contributed by atoms with Gasteiger partial charge in [-0.1, -0.05) is 40.5 Å². The Morgan fingerprint density at radius 3 is 2.41 bits per heavy atom. The number of fused-ring (bicyclic) bond motifs is 1. The number of sulfonamides is 1. The summed E-state index contributed by atoms with van der Waals surface area (Å²) in [4.78, 5) is 74.6. The number of halogens is 4. The molecule has 15 nitrogen and oxygen atoms in total. The number of methoxy groups -OCH3 is 1. The number of benzene rings is 1. The summed E-state index contributed by atoms with van der Waals surface area (Å²) >= 11 is 0. The first-order chi connectivity index (χ1) is 27.6. The number of H-pyrrole nitrogens is 1. The molecule has 3 saturated carbocycles. The summed E-state index contributed by atoms with van der Waals surface area (Å²) in [5.41, 5.74) is -4.47. The van der Waals surface area contributed by atoms with Gasteiger partial charge in [0, 0.05) is 19.0 Å². The lowest BCUT2D eigenvalue weighted by Gasteiger charge is -2.36. The van der Waals surface area contributed by atoms with Crippen LogP contribution in [0.2, 0.25) is 0 Å². The molecule has 1 aromatic heterocycles. The van der Waals surface area contributed by atoms with Crippen LogP contribution in [0.15, 0.2) is 23.0 Å². The van der Waals surface area contributed by atoms with Crippen molar-refractivity contribution in [2.75, 3.05) is 13.7 Å². The molecule has 20 heteroatoms. The van der Waals surface area contributed by atoms with Gasteiger partial charge in [-0.3, -0.25) is 23.9 Å². The van der Waals surface area contributed by atoms with E-state index in [4.69, 9.17) is 9.47 Å². The SMILES string of the molecule is CCC1CCN(C(=O)C(NC(=O)OC2CC2CCCCC(F)(F)c2nc3ccc(OC)cc3[nH]c2=O)C(C)(C)C)C1C(=O)NC1(C(=O)NS(=O)(=O)C2CC2)CC1C(F)F. The second-order valence-electron chi connectivity index (χ2n) is 17.3. The van der Waals surface area contributed by atoms with E-state index in [1.165, 1.54) is 24.1 Å². The molecule has 326 valence electrons. The van der Waals surface area contributed by atoms with Crippen LogP contribution in [0.25, 0.3) is 11.0 Å². The fourth-order valence-corrected chi connectivity index (χ4v) is 9.36. The van der Waals surface area contributed by atoms with Crippen LogP contribution in [0.4, 0.5) is 22.4 Å². The number of aromatic amines is 1. The molecule has 2 heterocycles. The van der Waals surface area contributed by atoms with Gasteiger partial charge in [-0.2, -0.15) is 8.78 Å². The van der Waals surface area contributed by atoms with E-state index in [1.54, 1.807) is 33.8 Å². The number of ether oxygens (including phenoxy) is 2. The molecule has 7 unspecified atom stereocenters. The molecule has 1 aromatic carbocycles. The first kappa shape index (κ1) is 44.1. The number of hydrogen-bond acceptors (Lipinski definition) is 10. The average Bonchev–Trinajstić information content (AvgIpc) is 4.09. The number of carbonyl (C=O) groups excluding carboxylic acids is 4. The number of unbranched alkanes of at least 4 members (excludes halogenated alkanes) is 1. The van der Waals surface area contributed by atoms with Crippen LogP contribution in [0.3, 0.4) is 0 Å². The van der Waals surface area contributed by atoms with E-state index in [9.17, 15) is 41.2 Å². The van der Waals surface area contributed by atoms with E-state index in [-0.39, 0.29) is 29.9 Å². The lowest BCUT2D eigenvalue weighted by molar-refractivity contribution is -0.144. The van der Waals surface area contributed by atoms with Crippen molar-refractivity contribution in [3.8, 4) is 5.75 Å². The van der Waals surface area contributed by atoms with Gasteiger partial charge >= 0.3 is 6.09 Å². The zero-order valence-corrected chi connectivity index (χ0v) is 34.4. The summed E-state index contributed by atoms with van der Waals surface area (Å²) in [6.07, 6.45) is -2.70. The van der Waals surface area contributed by atoms with Crippen molar-refractivity contribution < 1.29 is 54.6 Å². The first-order valence-corrected chi connectivity index (χ1v) is 21.6. The summed E-state index contributed by atoms with van der Waals surface area (Å²) in [5, 5.41) is 4.24. The maximum atomic E-state index is 15.1. The van der Waals surface area contributed by atoms with E-state index in [0.717, 1.165) is 0 Å². The summed E-state index contributed by atoms with van der Waals surface area (Å²) in [6.45, 7) is 6.98. The predicted molar refractivity (Wildman–Crippen MR) is 205 cm³/mol. The molecule has 4 amide bonds. The Balaban J connectivity index is 1.03. The molecule has 1 aliphatic heterocycles. The number of rotatable bonds is 17. The Bertz CT molecular complexity index is 2130. The fourth-order valence-electron chi connectivity index (χ4n) is 8.00. The molecule has 4 fully saturated rings. The number of hydrogen-bond donors (Lipinski definition) is 4. The quantitative estimate of drug-likeness (QED) is 0.130. The Morgan fingerprint density at radius 1 is 1.08 bits per heavy atom. The second-order valence-corrected chi connectivity index (χ2v) is 19.3. The molecule has 7 atom stereocenters. The normalized spacial score (nSPS) is 26.0. The minimum absolute atomic E-state index is 0.0717. The third kappa shape index (κ3) is 9.62. The van der Waals surface area contributed by atoms with Gasteiger partial charge in [0.15, 0.2) is 5.69 Å². The van der Waals surface area contributed by atoms with Crippen LogP contribution in [-0.4, -0.2) is 96.2 Å². The lowest BCUT2D eigenvalue weighted by atomic mass is 9.85. The predicted octanol–water partition coefficient (Wildman–Crippen LogP) is 4.49. The van der Waals surface area contributed by atoms with Crippen molar-refractivity contribution in [1.29, 1.82) is 0 Å². The molecular weight excluding hydrogens is 805 g/mol. The van der Waals surface area contributed by atoms with Gasteiger partial charge in [0.2, 0.25) is 28.3 Å². The topological polar surface area (TPSA) is 206 Å². The standard InChI is InChI=1S/C39H52F4N6O9S/c1-6-20-14-16-49(28(20)32(50)47-38(19-24(38)31(40)41)35(53)48-59(55,56)23-11-12-23)34(52)30(37(2,3)4)46-36(54)58-27-17-21(27)9-7-8-15-39(42,43)29-33(51)45-26-18-22(57-5)10-13-25(26)44-29/h10,13,18,20-21,23-24,27-28,30-31H,6-9,11-12,14-17,19H2,1-5H3,(H,45,51)(H,46,54)(H,47,50)(H,48,53). The van der Waals surface area contributed by atoms with Gasteiger partial charge in [0.1, 0.15) is 29.5 Å². The largest absolute Gasteiger partial charge is 0.497 e. The van der Waals surface area contributed by atoms with Gasteiger partial charge in [0.05, 0.1) is 29.3 Å². The van der Waals surface area contributed by atoms with Crippen LogP contribution in [-0.2, 0) is 35.1 Å². The maximum Gasteiger partial charge on any atom is 0.408 e. The minimum atomic E-state index is -4.10. The second kappa shape index (κ2) is 16.5. The highest BCUT2D eigenvalue weighted by molar-refractivity contribution is 7.91. The zero-order valence-electron chi connectivity index (χ0n) is 33.6. The van der Waals surface area contributed by atoms with E-state index in [0.29, 0.717) is 50.7 Å². The Kier molecular flexibility index (Phi) is 12.3.